The molecular formula is C22H21N3O3. The molecule has 1 aliphatic heterocycles. The van der Waals surface area contributed by atoms with Crippen LogP contribution in [0.4, 0.5) is 0 Å². The summed E-state index contributed by atoms with van der Waals surface area (Å²) < 4.78 is 1.81. The molecule has 2 atom stereocenters. The fraction of sp³-hybridized carbons (Fsp3) is 0.227. The molecule has 142 valence electrons. The number of hydrogen-bond donors (Lipinski definition) is 1. The standard InChI is InChI=1S/C22H21N3O3/c26-20(15-24-12-11-23-21(24)17-9-5-2-6-10-17)25-13-18(19(14-25)22(27)28)16-7-3-1-4-8-16/h1-12,18-19H,13-15H2,(H,27,28)/t18-,19+/m0/s1. The second-order valence-electron chi connectivity index (χ2n) is 7.01. The van der Waals surface area contributed by atoms with Gasteiger partial charge in [0.15, 0.2) is 0 Å². The number of amides is 1. The molecule has 0 unspecified atom stereocenters. The number of aromatic nitrogens is 2. The molecule has 3 aromatic rings. The number of carboxylic acids is 1. The number of carbonyl (C=O) groups is 2. The highest BCUT2D eigenvalue weighted by atomic mass is 16.4. The number of benzene rings is 2. The van der Waals surface area contributed by atoms with Gasteiger partial charge < -0.3 is 14.6 Å². The molecule has 0 aliphatic carbocycles. The number of aliphatic carboxylic acids is 1. The monoisotopic (exact) mass is 375 g/mol. The van der Waals surface area contributed by atoms with Crippen molar-refractivity contribution in [3.63, 3.8) is 0 Å². The van der Waals surface area contributed by atoms with E-state index in [4.69, 9.17) is 0 Å². The molecule has 0 radical (unpaired) electrons. The van der Waals surface area contributed by atoms with Gasteiger partial charge in [0.1, 0.15) is 12.4 Å². The molecule has 1 amide bonds. The van der Waals surface area contributed by atoms with Crippen molar-refractivity contribution in [1.82, 2.24) is 14.5 Å². The molecule has 1 aromatic heterocycles. The van der Waals surface area contributed by atoms with Gasteiger partial charge in [-0.3, -0.25) is 9.59 Å². The van der Waals surface area contributed by atoms with Crippen molar-refractivity contribution in [3.8, 4) is 11.4 Å². The van der Waals surface area contributed by atoms with E-state index in [1.807, 2.05) is 65.2 Å². The number of hydrogen-bond acceptors (Lipinski definition) is 3. The summed E-state index contributed by atoms with van der Waals surface area (Å²) in [7, 11) is 0. The van der Waals surface area contributed by atoms with Crippen LogP contribution in [0.5, 0.6) is 0 Å². The van der Waals surface area contributed by atoms with Crippen LogP contribution in [0.1, 0.15) is 11.5 Å². The number of nitrogens with zero attached hydrogens (tertiary/aromatic N) is 3. The molecule has 2 aromatic carbocycles. The summed E-state index contributed by atoms with van der Waals surface area (Å²) in [6, 6.07) is 19.2. The van der Waals surface area contributed by atoms with Crippen LogP contribution in [0.25, 0.3) is 11.4 Å². The van der Waals surface area contributed by atoms with Crippen LogP contribution in [-0.2, 0) is 16.1 Å². The van der Waals surface area contributed by atoms with Gasteiger partial charge >= 0.3 is 5.97 Å². The smallest absolute Gasteiger partial charge is 0.308 e. The van der Waals surface area contributed by atoms with Crippen molar-refractivity contribution >= 4 is 11.9 Å². The van der Waals surface area contributed by atoms with Crippen LogP contribution < -0.4 is 0 Å². The van der Waals surface area contributed by atoms with Gasteiger partial charge in [0.25, 0.3) is 0 Å². The Morgan fingerprint density at radius 1 is 1.00 bits per heavy atom. The lowest BCUT2D eigenvalue weighted by atomic mass is 9.89. The lowest BCUT2D eigenvalue weighted by Gasteiger charge is -2.17. The highest BCUT2D eigenvalue weighted by Gasteiger charge is 2.40. The largest absolute Gasteiger partial charge is 0.481 e. The number of rotatable bonds is 5. The molecular weight excluding hydrogens is 354 g/mol. The minimum atomic E-state index is -0.864. The highest BCUT2D eigenvalue weighted by molar-refractivity contribution is 5.80. The van der Waals surface area contributed by atoms with E-state index in [0.717, 1.165) is 17.0 Å². The zero-order chi connectivity index (χ0) is 19.5. The normalized spacial score (nSPS) is 18.9. The number of carbonyl (C=O) groups excluding carboxylic acids is 1. The SMILES string of the molecule is O=C(O)[C@@H]1CN(C(=O)Cn2ccnc2-c2ccccc2)C[C@H]1c1ccccc1. The zero-order valence-electron chi connectivity index (χ0n) is 15.3. The molecule has 2 heterocycles. The summed E-state index contributed by atoms with van der Waals surface area (Å²) >= 11 is 0. The van der Waals surface area contributed by atoms with Gasteiger partial charge in [0.2, 0.25) is 5.91 Å². The second kappa shape index (κ2) is 7.68. The van der Waals surface area contributed by atoms with Crippen molar-refractivity contribution in [1.29, 1.82) is 0 Å². The Morgan fingerprint density at radius 2 is 1.68 bits per heavy atom. The number of imidazole rings is 1. The third kappa shape index (κ3) is 3.53. The van der Waals surface area contributed by atoms with E-state index in [0.29, 0.717) is 6.54 Å². The van der Waals surface area contributed by atoms with Crippen LogP contribution in [-0.4, -0.2) is 44.5 Å². The molecule has 6 nitrogen and oxygen atoms in total. The number of carboxylic acid groups (broad SMARTS) is 1. The maximum atomic E-state index is 12.9. The van der Waals surface area contributed by atoms with Gasteiger partial charge in [-0.1, -0.05) is 60.7 Å². The van der Waals surface area contributed by atoms with Crippen molar-refractivity contribution in [2.24, 2.45) is 5.92 Å². The molecule has 1 saturated heterocycles. The van der Waals surface area contributed by atoms with Gasteiger partial charge in [0, 0.05) is 37.0 Å². The fourth-order valence-electron chi connectivity index (χ4n) is 3.83. The first-order valence-corrected chi connectivity index (χ1v) is 9.25. The zero-order valence-corrected chi connectivity index (χ0v) is 15.3. The first-order chi connectivity index (χ1) is 13.6. The molecule has 1 fully saturated rings. The summed E-state index contributed by atoms with van der Waals surface area (Å²) in [5.74, 6) is -1.03. The Kier molecular flexibility index (Phi) is 4.93. The van der Waals surface area contributed by atoms with Crippen LogP contribution >= 0.6 is 0 Å². The second-order valence-corrected chi connectivity index (χ2v) is 7.01. The van der Waals surface area contributed by atoms with E-state index >= 15 is 0 Å². The summed E-state index contributed by atoms with van der Waals surface area (Å²) in [4.78, 5) is 30.7. The molecule has 1 N–H and O–H groups in total. The summed E-state index contributed by atoms with van der Waals surface area (Å²) in [5.41, 5.74) is 1.89. The average molecular weight is 375 g/mol. The molecule has 0 spiro atoms. The first kappa shape index (κ1) is 18.0. The Morgan fingerprint density at radius 3 is 2.36 bits per heavy atom. The Bertz CT molecular complexity index is 969. The van der Waals surface area contributed by atoms with Gasteiger partial charge in [-0.15, -0.1) is 0 Å². The predicted octanol–water partition coefficient (Wildman–Crippen LogP) is 2.88. The van der Waals surface area contributed by atoms with E-state index in [1.165, 1.54) is 0 Å². The Hall–Kier alpha value is -3.41. The lowest BCUT2D eigenvalue weighted by molar-refractivity contribution is -0.141. The third-order valence-electron chi connectivity index (χ3n) is 5.27. The molecule has 6 heteroatoms. The minimum absolute atomic E-state index is 0.0973. The van der Waals surface area contributed by atoms with Gasteiger partial charge in [-0.2, -0.15) is 0 Å². The molecule has 1 aliphatic rings. The van der Waals surface area contributed by atoms with Crippen molar-refractivity contribution in [3.05, 3.63) is 78.6 Å². The lowest BCUT2D eigenvalue weighted by Crippen LogP contribution is -2.32. The summed E-state index contributed by atoms with van der Waals surface area (Å²) in [5, 5.41) is 9.64. The van der Waals surface area contributed by atoms with Crippen LogP contribution in [0.15, 0.2) is 73.1 Å². The van der Waals surface area contributed by atoms with E-state index < -0.39 is 11.9 Å². The summed E-state index contributed by atoms with van der Waals surface area (Å²) in [6.07, 6.45) is 3.45. The van der Waals surface area contributed by atoms with Crippen molar-refractivity contribution in [2.75, 3.05) is 13.1 Å². The molecule has 28 heavy (non-hydrogen) atoms. The molecule has 0 bridgehead atoms. The topological polar surface area (TPSA) is 75.4 Å². The summed E-state index contributed by atoms with van der Waals surface area (Å²) in [6.45, 7) is 0.774. The first-order valence-electron chi connectivity index (χ1n) is 9.25. The minimum Gasteiger partial charge on any atom is -0.481 e. The quantitative estimate of drug-likeness (QED) is 0.744. The number of likely N-dealkylation sites (tertiary alicyclic amines) is 1. The molecule has 4 rings (SSSR count). The molecule has 0 saturated carbocycles. The third-order valence-corrected chi connectivity index (χ3v) is 5.27. The van der Waals surface area contributed by atoms with E-state index in [2.05, 4.69) is 4.98 Å². The average Bonchev–Trinajstić information content (AvgIpc) is 3.37. The van der Waals surface area contributed by atoms with Gasteiger partial charge in [-0.05, 0) is 5.56 Å². The Balaban J connectivity index is 1.52. The van der Waals surface area contributed by atoms with E-state index in [1.54, 1.807) is 17.3 Å². The fourth-order valence-corrected chi connectivity index (χ4v) is 3.83. The van der Waals surface area contributed by atoms with Crippen LogP contribution in [0, 0.1) is 5.92 Å². The van der Waals surface area contributed by atoms with E-state index in [9.17, 15) is 14.7 Å². The van der Waals surface area contributed by atoms with Gasteiger partial charge in [-0.25, -0.2) is 4.98 Å². The Labute approximate surface area is 163 Å². The maximum absolute atomic E-state index is 12.9. The van der Waals surface area contributed by atoms with Crippen LogP contribution in [0.3, 0.4) is 0 Å². The predicted molar refractivity (Wildman–Crippen MR) is 105 cm³/mol. The van der Waals surface area contributed by atoms with Crippen molar-refractivity contribution < 1.29 is 14.7 Å². The van der Waals surface area contributed by atoms with E-state index in [-0.39, 0.29) is 24.9 Å². The van der Waals surface area contributed by atoms with Gasteiger partial charge in [0.05, 0.1) is 5.92 Å². The van der Waals surface area contributed by atoms with Crippen LogP contribution in [0.2, 0.25) is 0 Å². The maximum Gasteiger partial charge on any atom is 0.308 e. The van der Waals surface area contributed by atoms with Crippen molar-refractivity contribution in [2.45, 2.75) is 12.5 Å². The highest BCUT2D eigenvalue weighted by Crippen LogP contribution is 2.33.